The molecule has 0 aliphatic heterocycles. The molecule has 0 rings (SSSR count). The maximum Gasteiger partial charge on any atom is 0.0612 e. The number of allylic oxidation sites excluding steroid dienone is 9. The van der Waals surface area contributed by atoms with Crippen molar-refractivity contribution in [3.63, 3.8) is 0 Å². The first-order valence-corrected chi connectivity index (χ1v) is 7.27. The topological polar surface area (TPSA) is 20.2 Å². The van der Waals surface area contributed by atoms with Crippen molar-refractivity contribution in [2.75, 3.05) is 6.61 Å². The molecular weight excluding hydrogens is 232 g/mol. The molecule has 1 heteroatoms. The van der Waals surface area contributed by atoms with Gasteiger partial charge in [-0.25, -0.2) is 0 Å². The zero-order valence-corrected chi connectivity index (χ0v) is 12.2. The van der Waals surface area contributed by atoms with E-state index in [1.54, 1.807) is 6.08 Å². The van der Waals surface area contributed by atoms with E-state index in [9.17, 15) is 0 Å². The quantitative estimate of drug-likeness (QED) is 0.404. The molecule has 0 atom stereocenters. The standard InChI is InChI=1S/C18H28O/c1-2-3-4-5-6-7-8-9-10-11-12-13-14-15-16-17-18-19/h3-4,6-7,9-10,12-13,16-17,19H,2,5,8,11,14-15,18H2,1H3. The Hall–Kier alpha value is -1.34. The summed E-state index contributed by atoms with van der Waals surface area (Å²) < 4.78 is 0. The van der Waals surface area contributed by atoms with Gasteiger partial charge >= 0.3 is 0 Å². The van der Waals surface area contributed by atoms with Crippen molar-refractivity contribution in [3.8, 4) is 0 Å². The first-order chi connectivity index (χ1) is 9.41. The predicted molar refractivity (Wildman–Crippen MR) is 86.2 cm³/mol. The van der Waals surface area contributed by atoms with E-state index < -0.39 is 0 Å². The fourth-order valence-electron chi connectivity index (χ4n) is 1.48. The van der Waals surface area contributed by atoms with Crippen molar-refractivity contribution in [1.82, 2.24) is 0 Å². The van der Waals surface area contributed by atoms with Gasteiger partial charge in [0.25, 0.3) is 0 Å². The van der Waals surface area contributed by atoms with Crippen molar-refractivity contribution < 1.29 is 5.11 Å². The fraction of sp³-hybridized carbons (Fsp3) is 0.444. The Morgan fingerprint density at radius 2 is 1.00 bits per heavy atom. The van der Waals surface area contributed by atoms with Crippen LogP contribution in [0.4, 0.5) is 0 Å². The van der Waals surface area contributed by atoms with Crippen LogP contribution in [0.3, 0.4) is 0 Å². The zero-order valence-electron chi connectivity index (χ0n) is 12.2. The van der Waals surface area contributed by atoms with E-state index in [0.717, 1.165) is 38.5 Å². The largest absolute Gasteiger partial charge is 0.392 e. The Morgan fingerprint density at radius 1 is 0.579 bits per heavy atom. The Balaban J connectivity index is 3.40. The molecule has 0 aromatic carbocycles. The van der Waals surface area contributed by atoms with E-state index >= 15 is 0 Å². The monoisotopic (exact) mass is 260 g/mol. The summed E-state index contributed by atoms with van der Waals surface area (Å²) in [6.07, 6.45) is 27.7. The summed E-state index contributed by atoms with van der Waals surface area (Å²) >= 11 is 0. The first-order valence-electron chi connectivity index (χ1n) is 7.27. The lowest BCUT2D eigenvalue weighted by atomic mass is 10.2. The van der Waals surface area contributed by atoms with E-state index in [-0.39, 0.29) is 6.61 Å². The fourth-order valence-corrected chi connectivity index (χ4v) is 1.48. The molecule has 0 saturated carbocycles. The van der Waals surface area contributed by atoms with Gasteiger partial charge in [0, 0.05) is 0 Å². The van der Waals surface area contributed by atoms with Gasteiger partial charge in [0.1, 0.15) is 0 Å². The molecule has 0 fully saturated rings. The number of rotatable bonds is 11. The van der Waals surface area contributed by atoms with Crippen LogP contribution < -0.4 is 0 Å². The minimum atomic E-state index is 0.147. The van der Waals surface area contributed by atoms with Crippen LogP contribution in [0.25, 0.3) is 0 Å². The normalized spacial score (nSPS) is 13.2. The second-order valence-electron chi connectivity index (χ2n) is 4.23. The third-order valence-electron chi connectivity index (χ3n) is 2.49. The summed E-state index contributed by atoms with van der Waals surface area (Å²) in [5.74, 6) is 0. The average Bonchev–Trinajstić information content (AvgIpc) is 2.43. The molecule has 0 aromatic rings. The van der Waals surface area contributed by atoms with Crippen molar-refractivity contribution >= 4 is 0 Å². The van der Waals surface area contributed by atoms with E-state index in [0.29, 0.717) is 0 Å². The predicted octanol–water partition coefficient (Wildman–Crippen LogP) is 5.12. The highest BCUT2D eigenvalue weighted by atomic mass is 16.2. The van der Waals surface area contributed by atoms with E-state index in [1.807, 2.05) is 6.08 Å². The molecule has 0 aliphatic carbocycles. The average molecular weight is 260 g/mol. The van der Waals surface area contributed by atoms with Gasteiger partial charge < -0.3 is 5.11 Å². The second-order valence-corrected chi connectivity index (χ2v) is 4.23. The maximum absolute atomic E-state index is 8.55. The van der Waals surface area contributed by atoms with Gasteiger partial charge in [-0.1, -0.05) is 67.7 Å². The zero-order chi connectivity index (χ0) is 14.0. The van der Waals surface area contributed by atoms with E-state index in [2.05, 4.69) is 55.5 Å². The van der Waals surface area contributed by atoms with Crippen molar-refractivity contribution in [3.05, 3.63) is 60.8 Å². The lowest BCUT2D eigenvalue weighted by Crippen LogP contribution is -1.71. The number of hydrogen-bond acceptors (Lipinski definition) is 1. The Morgan fingerprint density at radius 3 is 1.47 bits per heavy atom. The number of hydrogen-bond donors (Lipinski definition) is 1. The van der Waals surface area contributed by atoms with Crippen LogP contribution in [-0.2, 0) is 0 Å². The Kier molecular flexibility index (Phi) is 15.5. The van der Waals surface area contributed by atoms with Gasteiger partial charge in [0.05, 0.1) is 6.61 Å². The molecule has 1 N–H and O–H groups in total. The van der Waals surface area contributed by atoms with Crippen LogP contribution in [0.2, 0.25) is 0 Å². The van der Waals surface area contributed by atoms with Crippen molar-refractivity contribution in [2.24, 2.45) is 0 Å². The van der Waals surface area contributed by atoms with Crippen LogP contribution in [-0.4, -0.2) is 11.7 Å². The van der Waals surface area contributed by atoms with Crippen LogP contribution in [0.5, 0.6) is 0 Å². The van der Waals surface area contributed by atoms with Gasteiger partial charge in [-0.15, -0.1) is 0 Å². The van der Waals surface area contributed by atoms with Gasteiger partial charge in [-0.3, -0.25) is 0 Å². The molecule has 0 bridgehead atoms. The third kappa shape index (κ3) is 16.7. The molecular formula is C18H28O. The SMILES string of the molecule is CCC=CCC=CCC=CCC=CCCC=CCO. The Labute approximate surface area is 118 Å². The van der Waals surface area contributed by atoms with E-state index in [1.165, 1.54) is 0 Å². The summed E-state index contributed by atoms with van der Waals surface area (Å²) in [7, 11) is 0. The number of aliphatic hydroxyl groups is 1. The maximum atomic E-state index is 8.55. The number of unbranched alkanes of at least 4 members (excludes halogenated alkanes) is 1. The molecule has 106 valence electrons. The minimum Gasteiger partial charge on any atom is -0.392 e. The molecule has 0 aliphatic rings. The molecule has 19 heavy (non-hydrogen) atoms. The second kappa shape index (κ2) is 16.7. The summed E-state index contributed by atoms with van der Waals surface area (Å²) in [5.41, 5.74) is 0. The number of aliphatic hydroxyl groups excluding tert-OH is 1. The smallest absolute Gasteiger partial charge is 0.0612 e. The molecule has 0 radical (unpaired) electrons. The van der Waals surface area contributed by atoms with Gasteiger partial charge in [0.2, 0.25) is 0 Å². The highest BCUT2D eigenvalue weighted by Gasteiger charge is 1.77. The van der Waals surface area contributed by atoms with E-state index in [4.69, 9.17) is 5.11 Å². The molecule has 0 saturated heterocycles. The van der Waals surface area contributed by atoms with Crippen LogP contribution >= 0.6 is 0 Å². The molecule has 0 unspecified atom stereocenters. The van der Waals surface area contributed by atoms with Gasteiger partial charge in [0.15, 0.2) is 0 Å². The molecule has 1 nitrogen and oxygen atoms in total. The lowest BCUT2D eigenvalue weighted by molar-refractivity contribution is 0.342. The molecule has 0 amide bonds. The lowest BCUT2D eigenvalue weighted by Gasteiger charge is -1.87. The first kappa shape index (κ1) is 17.7. The minimum absolute atomic E-state index is 0.147. The highest BCUT2D eigenvalue weighted by Crippen LogP contribution is 1.97. The highest BCUT2D eigenvalue weighted by molar-refractivity contribution is 4.99. The summed E-state index contributed by atoms with van der Waals surface area (Å²) in [6.45, 7) is 2.30. The summed E-state index contributed by atoms with van der Waals surface area (Å²) in [4.78, 5) is 0. The third-order valence-corrected chi connectivity index (χ3v) is 2.49. The van der Waals surface area contributed by atoms with Gasteiger partial charge in [-0.2, -0.15) is 0 Å². The van der Waals surface area contributed by atoms with Gasteiger partial charge in [-0.05, 0) is 38.5 Å². The van der Waals surface area contributed by atoms with Crippen molar-refractivity contribution in [2.45, 2.75) is 45.4 Å². The Bertz CT molecular complexity index is 306. The van der Waals surface area contributed by atoms with Crippen molar-refractivity contribution in [1.29, 1.82) is 0 Å². The molecule has 0 aromatic heterocycles. The summed E-state index contributed by atoms with van der Waals surface area (Å²) in [5, 5.41) is 8.55. The van der Waals surface area contributed by atoms with Crippen LogP contribution in [0.15, 0.2) is 60.8 Å². The van der Waals surface area contributed by atoms with Crippen LogP contribution in [0.1, 0.15) is 45.4 Å². The molecule has 0 heterocycles. The summed E-state index contributed by atoms with van der Waals surface area (Å²) in [6, 6.07) is 0. The van der Waals surface area contributed by atoms with Crippen LogP contribution in [0, 0.1) is 0 Å². The molecule has 0 spiro atoms.